The number of hydrogen-bond donors (Lipinski definition) is 2. The number of carbonyl (C=O) groups excluding carboxylic acids is 1. The molecular formula is C25H31N9O2. The maximum absolute atomic E-state index is 13.0. The van der Waals surface area contributed by atoms with E-state index in [9.17, 15) is 4.79 Å². The summed E-state index contributed by atoms with van der Waals surface area (Å²) in [5.74, 6) is 0.830. The summed E-state index contributed by atoms with van der Waals surface area (Å²) < 4.78 is 6.20. The number of hydrazone groups is 1. The molecule has 3 heterocycles. The number of nitrogens with zero attached hydrogens (tertiary/aromatic N) is 7. The molecule has 2 aliphatic rings. The first-order valence-electron chi connectivity index (χ1n) is 12.4. The molecule has 188 valence electrons. The van der Waals surface area contributed by atoms with Crippen molar-refractivity contribution in [3.05, 3.63) is 59.4 Å². The number of amides is 1. The van der Waals surface area contributed by atoms with Crippen molar-refractivity contribution in [1.29, 1.82) is 0 Å². The Morgan fingerprint density at radius 2 is 2.00 bits per heavy atom. The van der Waals surface area contributed by atoms with Crippen molar-refractivity contribution in [2.45, 2.75) is 45.1 Å². The third-order valence-electron chi connectivity index (χ3n) is 6.88. The first-order chi connectivity index (χ1) is 17.7. The van der Waals surface area contributed by atoms with Gasteiger partial charge in [0.25, 0.3) is 5.91 Å². The van der Waals surface area contributed by atoms with Crippen LogP contribution in [0.4, 0.5) is 5.82 Å². The summed E-state index contributed by atoms with van der Waals surface area (Å²) in [5.41, 5.74) is 10.7. The zero-order chi connectivity index (χ0) is 24.7. The molecule has 2 aromatic heterocycles. The molecule has 1 saturated heterocycles. The standard InChI is InChI=1S/C25H31N9O2/c26-23-24(31-36-30-23)34-21(17-33-13-11-19(12-14-33)15-18-7-3-1-4-8-18)22(28-32-34)25(35)29-27-16-20-9-5-2-6-10-20/h1-5,7-8,16,19-20H,6,9-15,17H2,(H2,26,30)(H,29,35)/b27-16-/t20-/m0/s1. The van der Waals surface area contributed by atoms with E-state index in [4.69, 9.17) is 10.4 Å². The Morgan fingerprint density at radius 1 is 1.17 bits per heavy atom. The van der Waals surface area contributed by atoms with E-state index in [0.29, 0.717) is 24.1 Å². The van der Waals surface area contributed by atoms with Gasteiger partial charge in [-0.1, -0.05) is 47.7 Å². The number of rotatable bonds is 8. The summed E-state index contributed by atoms with van der Waals surface area (Å²) in [4.78, 5) is 15.3. The topological polar surface area (TPSA) is 140 Å². The Morgan fingerprint density at radius 3 is 2.72 bits per heavy atom. The molecule has 0 saturated carbocycles. The third kappa shape index (κ3) is 5.68. The van der Waals surface area contributed by atoms with Gasteiger partial charge in [-0.3, -0.25) is 9.69 Å². The number of hydrogen-bond acceptors (Lipinski definition) is 9. The highest BCUT2D eigenvalue weighted by atomic mass is 16.6. The Bertz CT molecular complexity index is 1210. The normalized spacial score (nSPS) is 19.2. The molecule has 11 heteroatoms. The molecular weight excluding hydrogens is 458 g/mol. The van der Waals surface area contributed by atoms with Crippen molar-refractivity contribution in [3.8, 4) is 5.82 Å². The number of allylic oxidation sites excluding steroid dienone is 2. The van der Waals surface area contributed by atoms with Crippen molar-refractivity contribution in [2.24, 2.45) is 16.9 Å². The summed E-state index contributed by atoms with van der Waals surface area (Å²) in [6.45, 7) is 2.28. The highest BCUT2D eigenvalue weighted by Gasteiger charge is 2.27. The van der Waals surface area contributed by atoms with E-state index in [2.05, 4.69) is 72.5 Å². The lowest BCUT2D eigenvalue weighted by Gasteiger charge is -2.32. The number of carbonyl (C=O) groups is 1. The average molecular weight is 490 g/mol. The lowest BCUT2D eigenvalue weighted by molar-refractivity contribution is 0.0946. The average Bonchev–Trinajstić information content (AvgIpc) is 3.52. The van der Waals surface area contributed by atoms with Crippen molar-refractivity contribution < 1.29 is 9.42 Å². The van der Waals surface area contributed by atoms with Gasteiger partial charge in [0.15, 0.2) is 5.69 Å². The molecule has 0 bridgehead atoms. The zero-order valence-corrected chi connectivity index (χ0v) is 20.2. The number of likely N-dealkylation sites (tertiary alicyclic amines) is 1. The summed E-state index contributed by atoms with van der Waals surface area (Å²) in [5, 5.41) is 20.0. The van der Waals surface area contributed by atoms with Crippen LogP contribution in [-0.2, 0) is 13.0 Å². The number of anilines is 1. The molecule has 1 fully saturated rings. The van der Waals surface area contributed by atoms with Crippen LogP contribution in [0.2, 0.25) is 0 Å². The minimum absolute atomic E-state index is 0.0815. The first kappa shape index (κ1) is 23.9. The number of nitrogens with two attached hydrogens (primary N) is 1. The second-order valence-corrected chi connectivity index (χ2v) is 9.44. The van der Waals surface area contributed by atoms with Gasteiger partial charge in [-0.2, -0.15) is 9.78 Å². The van der Waals surface area contributed by atoms with E-state index < -0.39 is 5.91 Å². The number of aromatic nitrogens is 5. The second kappa shape index (κ2) is 11.3. The van der Waals surface area contributed by atoms with Gasteiger partial charge in [0.1, 0.15) is 0 Å². The van der Waals surface area contributed by atoms with E-state index >= 15 is 0 Å². The molecule has 3 aromatic rings. The van der Waals surface area contributed by atoms with Gasteiger partial charge in [-0.15, -0.1) is 5.10 Å². The van der Waals surface area contributed by atoms with Crippen molar-refractivity contribution >= 4 is 17.9 Å². The lowest BCUT2D eigenvalue weighted by atomic mass is 9.90. The largest absolute Gasteiger partial charge is 0.378 e. The molecule has 11 nitrogen and oxygen atoms in total. The van der Waals surface area contributed by atoms with Crippen LogP contribution in [0.1, 0.15) is 53.8 Å². The van der Waals surface area contributed by atoms with E-state index in [-0.39, 0.29) is 17.3 Å². The minimum atomic E-state index is -0.423. The molecule has 3 N–H and O–H groups in total. The maximum Gasteiger partial charge on any atom is 0.293 e. The van der Waals surface area contributed by atoms with Crippen LogP contribution in [-0.4, -0.2) is 55.4 Å². The van der Waals surface area contributed by atoms with Gasteiger partial charge in [0.2, 0.25) is 11.6 Å². The first-order valence-corrected chi connectivity index (χ1v) is 12.4. The fraction of sp³-hybridized carbons (Fsp3) is 0.440. The predicted octanol–water partition coefficient (Wildman–Crippen LogP) is 2.76. The summed E-state index contributed by atoms with van der Waals surface area (Å²) in [7, 11) is 0. The molecule has 1 aromatic carbocycles. The predicted molar refractivity (Wildman–Crippen MR) is 134 cm³/mol. The fourth-order valence-corrected chi connectivity index (χ4v) is 4.84. The Labute approximate surface area is 209 Å². The molecule has 5 rings (SSSR count). The van der Waals surface area contributed by atoms with Crippen LogP contribution in [0.25, 0.3) is 5.82 Å². The fourth-order valence-electron chi connectivity index (χ4n) is 4.84. The van der Waals surface area contributed by atoms with Gasteiger partial charge in [-0.25, -0.2) is 10.1 Å². The number of nitrogens with one attached hydrogen (secondary N) is 1. The van der Waals surface area contributed by atoms with Crippen molar-refractivity contribution in [2.75, 3.05) is 18.8 Å². The van der Waals surface area contributed by atoms with Crippen LogP contribution in [0.5, 0.6) is 0 Å². The van der Waals surface area contributed by atoms with Gasteiger partial charge < -0.3 is 5.73 Å². The number of piperidine rings is 1. The molecule has 0 spiro atoms. The highest BCUT2D eigenvalue weighted by Crippen LogP contribution is 2.24. The summed E-state index contributed by atoms with van der Waals surface area (Å²) in [6, 6.07) is 10.6. The van der Waals surface area contributed by atoms with Crippen LogP contribution < -0.4 is 11.2 Å². The van der Waals surface area contributed by atoms with Crippen LogP contribution in [0.3, 0.4) is 0 Å². The molecule has 1 amide bonds. The van der Waals surface area contributed by atoms with Gasteiger partial charge >= 0.3 is 0 Å². The monoisotopic (exact) mass is 489 g/mol. The third-order valence-corrected chi connectivity index (χ3v) is 6.88. The van der Waals surface area contributed by atoms with E-state index in [1.54, 1.807) is 6.21 Å². The Hall–Kier alpha value is -3.86. The second-order valence-electron chi connectivity index (χ2n) is 9.44. The Kier molecular flexibility index (Phi) is 7.46. The van der Waals surface area contributed by atoms with E-state index in [1.165, 1.54) is 10.2 Å². The molecule has 0 radical (unpaired) electrons. The lowest BCUT2D eigenvalue weighted by Crippen LogP contribution is -2.35. The minimum Gasteiger partial charge on any atom is -0.378 e. The maximum atomic E-state index is 13.0. The summed E-state index contributed by atoms with van der Waals surface area (Å²) >= 11 is 0. The number of nitrogen functional groups attached to an aromatic ring is 1. The van der Waals surface area contributed by atoms with E-state index in [0.717, 1.165) is 51.6 Å². The molecule has 1 aliphatic heterocycles. The van der Waals surface area contributed by atoms with Crippen molar-refractivity contribution in [3.63, 3.8) is 0 Å². The van der Waals surface area contributed by atoms with Gasteiger partial charge in [-0.05, 0) is 79.3 Å². The van der Waals surface area contributed by atoms with Crippen LogP contribution in [0.15, 0.2) is 52.2 Å². The molecule has 0 unspecified atom stereocenters. The summed E-state index contributed by atoms with van der Waals surface area (Å²) in [6.07, 6.45) is 12.3. The van der Waals surface area contributed by atoms with Gasteiger partial charge in [0.05, 0.1) is 5.69 Å². The quantitative estimate of drug-likeness (QED) is 0.280. The highest BCUT2D eigenvalue weighted by molar-refractivity contribution is 5.93. The SMILES string of the molecule is Nc1nonc1-n1nnc(C(=O)N/N=C\[C@H]2CC=CCC2)c1CN1CCC(Cc2ccccc2)CC1. The number of benzene rings is 1. The van der Waals surface area contributed by atoms with Crippen LogP contribution >= 0.6 is 0 Å². The van der Waals surface area contributed by atoms with Crippen LogP contribution in [0, 0.1) is 11.8 Å². The van der Waals surface area contributed by atoms with Gasteiger partial charge in [0, 0.05) is 12.8 Å². The van der Waals surface area contributed by atoms with E-state index in [1.807, 2.05) is 6.07 Å². The Balaban J connectivity index is 1.27. The smallest absolute Gasteiger partial charge is 0.293 e. The molecule has 1 aliphatic carbocycles. The molecule has 36 heavy (non-hydrogen) atoms. The van der Waals surface area contributed by atoms with Crippen molar-refractivity contribution in [1.82, 2.24) is 35.6 Å². The zero-order valence-electron chi connectivity index (χ0n) is 20.2. The molecule has 1 atom stereocenters.